The fourth-order valence-corrected chi connectivity index (χ4v) is 1.37. The molecule has 0 fully saturated rings. The lowest BCUT2D eigenvalue weighted by Gasteiger charge is -2.09. The minimum Gasteiger partial charge on any atom is -0.388 e. The average molecular weight is 204 g/mol. The number of hydrogen-bond acceptors (Lipinski definition) is 4. The molecule has 0 saturated heterocycles. The second-order valence-electron chi connectivity index (χ2n) is 3.35. The Morgan fingerprint density at radius 3 is 2.73 bits per heavy atom. The van der Waals surface area contributed by atoms with Crippen molar-refractivity contribution in [2.75, 3.05) is 0 Å². The Labute approximate surface area is 87.5 Å². The molecule has 0 aromatic carbocycles. The van der Waals surface area contributed by atoms with Crippen molar-refractivity contribution in [1.29, 1.82) is 0 Å². The van der Waals surface area contributed by atoms with E-state index >= 15 is 0 Å². The van der Waals surface area contributed by atoms with Crippen LogP contribution in [0.25, 0.3) is 0 Å². The van der Waals surface area contributed by atoms with Crippen LogP contribution < -0.4 is 0 Å². The molecule has 0 aliphatic rings. The zero-order valence-electron chi connectivity index (χ0n) is 8.41. The van der Waals surface area contributed by atoms with Gasteiger partial charge in [0, 0.05) is 43.8 Å². The predicted molar refractivity (Wildman–Crippen MR) is 53.9 cm³/mol. The van der Waals surface area contributed by atoms with E-state index < -0.39 is 6.10 Å². The van der Waals surface area contributed by atoms with Gasteiger partial charge in [0.2, 0.25) is 0 Å². The standard InChI is InChI=1S/C10H12N4O/c1-14-3-2-13-10(14)4-9(15)8-5-11-7-12-6-8/h2-3,5-7,9,15H,4H2,1H3. The fraction of sp³-hybridized carbons (Fsp3) is 0.300. The molecule has 2 heterocycles. The van der Waals surface area contributed by atoms with Gasteiger partial charge in [0.05, 0.1) is 6.10 Å². The van der Waals surface area contributed by atoms with Crippen LogP contribution in [0.5, 0.6) is 0 Å². The number of aromatic nitrogens is 4. The normalized spacial score (nSPS) is 12.7. The van der Waals surface area contributed by atoms with Gasteiger partial charge in [-0.2, -0.15) is 0 Å². The smallest absolute Gasteiger partial charge is 0.115 e. The predicted octanol–water partition coefficient (Wildman–Crippen LogP) is 0.486. The Morgan fingerprint density at radius 2 is 2.13 bits per heavy atom. The summed E-state index contributed by atoms with van der Waals surface area (Å²) in [4.78, 5) is 11.9. The maximum atomic E-state index is 9.88. The van der Waals surface area contributed by atoms with E-state index in [2.05, 4.69) is 15.0 Å². The molecule has 0 aliphatic carbocycles. The summed E-state index contributed by atoms with van der Waals surface area (Å²) in [5.74, 6) is 0.839. The molecule has 1 unspecified atom stereocenters. The molecule has 5 heteroatoms. The molecular weight excluding hydrogens is 192 g/mol. The first-order chi connectivity index (χ1) is 7.27. The van der Waals surface area contributed by atoms with Crippen LogP contribution in [0, 0.1) is 0 Å². The second kappa shape index (κ2) is 4.18. The van der Waals surface area contributed by atoms with Crippen molar-refractivity contribution in [3.8, 4) is 0 Å². The molecule has 78 valence electrons. The van der Waals surface area contributed by atoms with Gasteiger partial charge in [0.15, 0.2) is 0 Å². The summed E-state index contributed by atoms with van der Waals surface area (Å²) in [7, 11) is 1.90. The Balaban J connectivity index is 2.11. The number of rotatable bonds is 3. The molecule has 5 nitrogen and oxygen atoms in total. The summed E-state index contributed by atoms with van der Waals surface area (Å²) in [5.41, 5.74) is 0.709. The zero-order chi connectivity index (χ0) is 10.7. The maximum absolute atomic E-state index is 9.88. The molecule has 2 aromatic rings. The van der Waals surface area contributed by atoms with E-state index in [1.54, 1.807) is 18.6 Å². The van der Waals surface area contributed by atoms with E-state index in [1.807, 2.05) is 17.8 Å². The summed E-state index contributed by atoms with van der Waals surface area (Å²) >= 11 is 0. The highest BCUT2D eigenvalue weighted by Crippen LogP contribution is 2.14. The van der Waals surface area contributed by atoms with Crippen LogP contribution in [0.1, 0.15) is 17.5 Å². The lowest BCUT2D eigenvalue weighted by atomic mass is 10.1. The molecular formula is C10H12N4O. The fourth-order valence-electron chi connectivity index (χ4n) is 1.37. The topological polar surface area (TPSA) is 63.8 Å². The van der Waals surface area contributed by atoms with Crippen LogP contribution in [0.15, 0.2) is 31.1 Å². The van der Waals surface area contributed by atoms with Gasteiger partial charge < -0.3 is 9.67 Å². The summed E-state index contributed by atoms with van der Waals surface area (Å²) in [5, 5.41) is 9.88. The first-order valence-electron chi connectivity index (χ1n) is 4.66. The third kappa shape index (κ3) is 2.19. The van der Waals surface area contributed by atoms with Crippen LogP contribution in [0.4, 0.5) is 0 Å². The Bertz CT molecular complexity index is 426. The molecule has 0 radical (unpaired) electrons. The van der Waals surface area contributed by atoms with Gasteiger partial charge >= 0.3 is 0 Å². The van der Waals surface area contributed by atoms with E-state index in [4.69, 9.17) is 0 Å². The minimum absolute atomic E-state index is 0.469. The Morgan fingerprint density at radius 1 is 1.40 bits per heavy atom. The monoisotopic (exact) mass is 204 g/mol. The summed E-state index contributed by atoms with van der Waals surface area (Å²) in [6.07, 6.45) is 8.09. The van der Waals surface area contributed by atoms with Gasteiger partial charge in [-0.1, -0.05) is 0 Å². The lowest BCUT2D eigenvalue weighted by Crippen LogP contribution is -2.07. The first kappa shape index (κ1) is 9.79. The van der Waals surface area contributed by atoms with Crippen molar-refractivity contribution in [3.05, 3.63) is 42.5 Å². The molecule has 15 heavy (non-hydrogen) atoms. The van der Waals surface area contributed by atoms with Crippen LogP contribution in [-0.4, -0.2) is 24.6 Å². The minimum atomic E-state index is -0.604. The summed E-state index contributed by atoms with van der Waals surface area (Å²) < 4.78 is 1.88. The van der Waals surface area contributed by atoms with Gasteiger partial charge in [-0.05, 0) is 0 Å². The summed E-state index contributed by atoms with van der Waals surface area (Å²) in [6, 6.07) is 0. The van der Waals surface area contributed by atoms with Crippen molar-refractivity contribution < 1.29 is 5.11 Å². The lowest BCUT2D eigenvalue weighted by molar-refractivity contribution is 0.174. The van der Waals surface area contributed by atoms with E-state index in [1.165, 1.54) is 6.33 Å². The van der Waals surface area contributed by atoms with E-state index in [0.29, 0.717) is 12.0 Å². The Kier molecular flexibility index (Phi) is 2.73. The first-order valence-corrected chi connectivity index (χ1v) is 4.66. The van der Waals surface area contributed by atoms with Crippen LogP contribution >= 0.6 is 0 Å². The second-order valence-corrected chi connectivity index (χ2v) is 3.35. The van der Waals surface area contributed by atoms with E-state index in [0.717, 1.165) is 5.82 Å². The van der Waals surface area contributed by atoms with Crippen molar-refractivity contribution in [2.24, 2.45) is 7.05 Å². The zero-order valence-corrected chi connectivity index (χ0v) is 8.41. The van der Waals surface area contributed by atoms with Gasteiger partial charge in [0.25, 0.3) is 0 Å². The number of aliphatic hydroxyl groups is 1. The largest absolute Gasteiger partial charge is 0.388 e. The molecule has 2 aromatic heterocycles. The number of nitrogens with zero attached hydrogens (tertiary/aromatic N) is 4. The van der Waals surface area contributed by atoms with Crippen molar-refractivity contribution in [2.45, 2.75) is 12.5 Å². The highest BCUT2D eigenvalue weighted by molar-refractivity contribution is 5.09. The molecule has 0 amide bonds. The van der Waals surface area contributed by atoms with Gasteiger partial charge in [-0.25, -0.2) is 15.0 Å². The van der Waals surface area contributed by atoms with E-state index in [-0.39, 0.29) is 0 Å². The van der Waals surface area contributed by atoms with Crippen LogP contribution in [0.2, 0.25) is 0 Å². The van der Waals surface area contributed by atoms with Crippen LogP contribution in [-0.2, 0) is 13.5 Å². The third-order valence-electron chi connectivity index (χ3n) is 2.26. The van der Waals surface area contributed by atoms with Crippen LogP contribution in [0.3, 0.4) is 0 Å². The van der Waals surface area contributed by atoms with Gasteiger partial charge in [-0.3, -0.25) is 0 Å². The number of imidazole rings is 1. The molecule has 1 N–H and O–H groups in total. The van der Waals surface area contributed by atoms with Crippen molar-refractivity contribution in [3.63, 3.8) is 0 Å². The van der Waals surface area contributed by atoms with Crippen molar-refractivity contribution in [1.82, 2.24) is 19.5 Å². The number of aryl methyl sites for hydroxylation is 1. The molecule has 0 saturated carbocycles. The molecule has 1 atom stereocenters. The van der Waals surface area contributed by atoms with Crippen molar-refractivity contribution >= 4 is 0 Å². The Hall–Kier alpha value is -1.75. The molecule has 0 aliphatic heterocycles. The average Bonchev–Trinajstić information content (AvgIpc) is 2.66. The highest BCUT2D eigenvalue weighted by Gasteiger charge is 2.11. The molecule has 2 rings (SSSR count). The third-order valence-corrected chi connectivity index (χ3v) is 2.26. The summed E-state index contributed by atoms with van der Waals surface area (Å²) in [6.45, 7) is 0. The number of aliphatic hydroxyl groups excluding tert-OH is 1. The molecule has 0 bridgehead atoms. The van der Waals surface area contributed by atoms with E-state index in [9.17, 15) is 5.11 Å². The van der Waals surface area contributed by atoms with Gasteiger partial charge in [0.1, 0.15) is 12.2 Å². The molecule has 0 spiro atoms. The van der Waals surface area contributed by atoms with Gasteiger partial charge in [-0.15, -0.1) is 0 Å². The SMILES string of the molecule is Cn1ccnc1CC(O)c1cncnc1. The quantitative estimate of drug-likeness (QED) is 0.790. The maximum Gasteiger partial charge on any atom is 0.115 e. The highest BCUT2D eigenvalue weighted by atomic mass is 16.3. The number of hydrogen-bond donors (Lipinski definition) is 1.